The van der Waals surface area contributed by atoms with Gasteiger partial charge in [-0.25, -0.2) is 0 Å². The largest absolute Gasteiger partial charge is 0.494 e. The van der Waals surface area contributed by atoms with Crippen molar-refractivity contribution in [3.8, 4) is 5.75 Å². The smallest absolute Gasteiger partial charge is 0.243 e. The van der Waals surface area contributed by atoms with Gasteiger partial charge < -0.3 is 20.7 Å². The summed E-state index contributed by atoms with van der Waals surface area (Å²) in [6, 6.07) is 24.7. The summed E-state index contributed by atoms with van der Waals surface area (Å²) in [6.45, 7) is 5.09. The third kappa shape index (κ3) is 8.98. The van der Waals surface area contributed by atoms with Gasteiger partial charge in [-0.2, -0.15) is 0 Å². The summed E-state index contributed by atoms with van der Waals surface area (Å²) >= 11 is 0. The first-order chi connectivity index (χ1) is 16.5. The lowest BCUT2D eigenvalue weighted by atomic mass is 10.1. The molecule has 34 heavy (non-hydrogen) atoms. The highest BCUT2D eigenvalue weighted by molar-refractivity contribution is 5.94. The molecule has 0 unspecified atom stereocenters. The van der Waals surface area contributed by atoms with E-state index in [1.807, 2.05) is 78.9 Å². The van der Waals surface area contributed by atoms with Crippen LogP contribution in [0.4, 0.5) is 17.1 Å². The number of rotatable bonds is 12. The second-order valence-corrected chi connectivity index (χ2v) is 8.57. The van der Waals surface area contributed by atoms with Gasteiger partial charge in [0.15, 0.2) is 0 Å². The van der Waals surface area contributed by atoms with E-state index in [1.165, 1.54) is 0 Å². The fourth-order valence-electron chi connectivity index (χ4n) is 3.26. The van der Waals surface area contributed by atoms with Crippen molar-refractivity contribution in [1.29, 1.82) is 0 Å². The zero-order valence-electron chi connectivity index (χ0n) is 19.8. The van der Waals surface area contributed by atoms with E-state index in [1.54, 1.807) is 0 Å². The predicted molar refractivity (Wildman–Crippen MR) is 138 cm³/mol. The van der Waals surface area contributed by atoms with Crippen molar-refractivity contribution in [2.75, 3.05) is 29.1 Å². The number of amides is 2. The molecule has 0 spiro atoms. The molecular formula is C28H33N3O3. The third-order valence-corrected chi connectivity index (χ3v) is 5.19. The van der Waals surface area contributed by atoms with Crippen LogP contribution in [0.1, 0.15) is 32.3 Å². The minimum Gasteiger partial charge on any atom is -0.494 e. The second kappa shape index (κ2) is 13.0. The predicted octanol–water partition coefficient (Wildman–Crippen LogP) is 5.73. The lowest BCUT2D eigenvalue weighted by Gasteiger charge is -2.11. The number of nitrogens with one attached hydrogen (secondary N) is 3. The van der Waals surface area contributed by atoms with Gasteiger partial charge in [-0.1, -0.05) is 50.2 Å². The van der Waals surface area contributed by atoms with Crippen LogP contribution in [0.3, 0.4) is 0 Å². The van der Waals surface area contributed by atoms with Gasteiger partial charge in [0.05, 0.1) is 13.2 Å². The van der Waals surface area contributed by atoms with Crippen LogP contribution in [0.5, 0.6) is 5.75 Å². The van der Waals surface area contributed by atoms with Crippen LogP contribution in [0.2, 0.25) is 0 Å². The molecular weight excluding hydrogens is 426 g/mol. The monoisotopic (exact) mass is 459 g/mol. The van der Waals surface area contributed by atoms with Crippen molar-refractivity contribution < 1.29 is 14.3 Å². The minimum absolute atomic E-state index is 0.0284. The van der Waals surface area contributed by atoms with Crippen molar-refractivity contribution in [2.45, 2.75) is 33.1 Å². The van der Waals surface area contributed by atoms with E-state index in [9.17, 15) is 9.59 Å². The fourth-order valence-corrected chi connectivity index (χ4v) is 3.26. The van der Waals surface area contributed by atoms with Gasteiger partial charge in [-0.05, 0) is 60.7 Å². The van der Waals surface area contributed by atoms with E-state index in [4.69, 9.17) is 4.74 Å². The third-order valence-electron chi connectivity index (χ3n) is 5.19. The van der Waals surface area contributed by atoms with Crippen LogP contribution in [0.15, 0.2) is 78.9 Å². The molecule has 178 valence electrons. The van der Waals surface area contributed by atoms with Crippen LogP contribution >= 0.6 is 0 Å². The fraction of sp³-hybridized carbons (Fsp3) is 0.286. The molecule has 0 aliphatic rings. The normalized spacial score (nSPS) is 10.6. The molecule has 2 amide bonds. The molecule has 0 atom stereocenters. The summed E-state index contributed by atoms with van der Waals surface area (Å²) in [5.74, 6) is 1.14. The molecule has 0 bridgehead atoms. The van der Waals surface area contributed by atoms with Crippen LogP contribution in [-0.2, 0) is 16.0 Å². The molecule has 0 saturated carbocycles. The first kappa shape index (κ1) is 24.8. The van der Waals surface area contributed by atoms with Gasteiger partial charge in [-0.15, -0.1) is 0 Å². The van der Waals surface area contributed by atoms with Crippen molar-refractivity contribution in [2.24, 2.45) is 5.92 Å². The molecule has 0 aromatic heterocycles. The molecule has 3 rings (SSSR count). The standard InChI is InChI=1S/C28H33N3O3/c1-21(2)17-18-34-26-10-6-9-25(19-26)31-28(33)20-29-23-12-14-24(15-13-23)30-27(32)16-11-22-7-4-3-5-8-22/h3-10,12-15,19,21,29H,11,16-18,20H2,1-2H3,(H,30,32)(H,31,33). The number of anilines is 3. The molecule has 0 aliphatic carbocycles. The molecule has 6 nitrogen and oxygen atoms in total. The van der Waals surface area contributed by atoms with E-state index in [2.05, 4.69) is 29.8 Å². The Morgan fingerprint density at radius 3 is 2.24 bits per heavy atom. The zero-order valence-corrected chi connectivity index (χ0v) is 19.8. The Morgan fingerprint density at radius 2 is 1.50 bits per heavy atom. The highest BCUT2D eigenvalue weighted by Gasteiger charge is 2.06. The van der Waals surface area contributed by atoms with Gasteiger partial charge >= 0.3 is 0 Å². The van der Waals surface area contributed by atoms with Crippen LogP contribution in [-0.4, -0.2) is 25.0 Å². The Kier molecular flexibility index (Phi) is 9.52. The quantitative estimate of drug-likeness (QED) is 0.323. The molecule has 3 N–H and O–H groups in total. The number of carbonyl (C=O) groups is 2. The van der Waals surface area contributed by atoms with Gasteiger partial charge in [-0.3, -0.25) is 9.59 Å². The second-order valence-electron chi connectivity index (χ2n) is 8.57. The molecule has 0 radical (unpaired) electrons. The lowest BCUT2D eigenvalue weighted by molar-refractivity contribution is -0.116. The van der Waals surface area contributed by atoms with Crippen molar-refractivity contribution >= 4 is 28.9 Å². The minimum atomic E-state index is -0.155. The Balaban J connectivity index is 1.40. The SMILES string of the molecule is CC(C)CCOc1cccc(NC(=O)CNc2ccc(NC(=O)CCc3ccccc3)cc2)c1. The summed E-state index contributed by atoms with van der Waals surface area (Å²) in [4.78, 5) is 24.5. The molecule has 0 heterocycles. The van der Waals surface area contributed by atoms with Gasteiger partial charge in [0.1, 0.15) is 5.75 Å². The Labute approximate surface area is 201 Å². The highest BCUT2D eigenvalue weighted by Crippen LogP contribution is 2.18. The van der Waals surface area contributed by atoms with Gasteiger partial charge in [0.2, 0.25) is 11.8 Å². The highest BCUT2D eigenvalue weighted by atomic mass is 16.5. The van der Waals surface area contributed by atoms with Crippen molar-refractivity contribution in [1.82, 2.24) is 0 Å². The van der Waals surface area contributed by atoms with E-state index < -0.39 is 0 Å². The van der Waals surface area contributed by atoms with Crippen LogP contribution < -0.4 is 20.7 Å². The van der Waals surface area contributed by atoms with Crippen molar-refractivity contribution in [3.05, 3.63) is 84.4 Å². The van der Waals surface area contributed by atoms with E-state index in [0.717, 1.165) is 29.1 Å². The summed E-state index contributed by atoms with van der Waals surface area (Å²) in [6.07, 6.45) is 2.11. The number of aryl methyl sites for hydroxylation is 1. The first-order valence-electron chi connectivity index (χ1n) is 11.7. The summed E-state index contributed by atoms with van der Waals surface area (Å²) < 4.78 is 5.75. The van der Waals surface area contributed by atoms with Crippen LogP contribution in [0.25, 0.3) is 0 Å². The topological polar surface area (TPSA) is 79.5 Å². The Morgan fingerprint density at radius 1 is 0.794 bits per heavy atom. The summed E-state index contributed by atoms with van der Waals surface area (Å²) in [5.41, 5.74) is 3.36. The molecule has 3 aromatic carbocycles. The number of hydrogen-bond donors (Lipinski definition) is 3. The Bertz CT molecular complexity index is 1050. The number of benzene rings is 3. The molecule has 0 saturated heterocycles. The maximum atomic E-state index is 12.3. The maximum Gasteiger partial charge on any atom is 0.243 e. The number of hydrogen-bond acceptors (Lipinski definition) is 4. The average Bonchev–Trinajstić information content (AvgIpc) is 2.83. The molecule has 0 fully saturated rings. The maximum absolute atomic E-state index is 12.3. The molecule has 6 heteroatoms. The lowest BCUT2D eigenvalue weighted by Crippen LogP contribution is -2.21. The molecule has 3 aromatic rings. The van der Waals surface area contributed by atoms with E-state index in [-0.39, 0.29) is 18.4 Å². The Hall–Kier alpha value is -3.80. The zero-order chi connectivity index (χ0) is 24.2. The molecule has 0 aliphatic heterocycles. The average molecular weight is 460 g/mol. The number of carbonyl (C=O) groups excluding carboxylic acids is 2. The van der Waals surface area contributed by atoms with Crippen molar-refractivity contribution in [3.63, 3.8) is 0 Å². The van der Waals surface area contributed by atoms with E-state index >= 15 is 0 Å². The number of ether oxygens (including phenoxy) is 1. The first-order valence-corrected chi connectivity index (χ1v) is 11.7. The summed E-state index contributed by atoms with van der Waals surface area (Å²) in [7, 11) is 0. The summed E-state index contributed by atoms with van der Waals surface area (Å²) in [5, 5.41) is 8.88. The van der Waals surface area contributed by atoms with E-state index in [0.29, 0.717) is 31.1 Å². The van der Waals surface area contributed by atoms with Crippen LogP contribution in [0, 0.1) is 5.92 Å². The van der Waals surface area contributed by atoms with Gasteiger partial charge in [0, 0.05) is 29.5 Å². The van der Waals surface area contributed by atoms with Gasteiger partial charge in [0.25, 0.3) is 0 Å².